The molecular formula is C37H41N3O9S. The second-order valence-corrected chi connectivity index (χ2v) is 15.7. The Morgan fingerprint density at radius 1 is 1.04 bits per heavy atom. The molecule has 4 saturated carbocycles. The SMILES string of the molecule is C[C@]12CC[C@H](OC(=O)C3CC3)[C@@](C)(COC(=O)C3CC3)C1C[C@H](OC(=S)n1ccnc1)[C@@]1(C)Oc3cc(-c4cccnc4)oc(=O)c3[C@H](O)C21. The van der Waals surface area contributed by atoms with Crippen LogP contribution in [0.5, 0.6) is 5.75 Å². The van der Waals surface area contributed by atoms with Gasteiger partial charge in [-0.25, -0.2) is 9.78 Å². The highest BCUT2D eigenvalue weighted by Gasteiger charge is 2.71. The van der Waals surface area contributed by atoms with Gasteiger partial charge in [-0.1, -0.05) is 13.8 Å². The lowest BCUT2D eigenvalue weighted by atomic mass is 9.42. The average molecular weight is 704 g/mol. The Morgan fingerprint density at radius 3 is 2.48 bits per heavy atom. The lowest BCUT2D eigenvalue weighted by Gasteiger charge is -2.66. The number of carbonyl (C=O) groups is 2. The maximum Gasteiger partial charge on any atom is 0.345 e. The summed E-state index contributed by atoms with van der Waals surface area (Å²) in [5.41, 5.74) is -2.87. The van der Waals surface area contributed by atoms with E-state index in [-0.39, 0.29) is 58.5 Å². The number of aliphatic hydroxyl groups is 1. The van der Waals surface area contributed by atoms with Crippen molar-refractivity contribution in [2.75, 3.05) is 6.61 Å². The van der Waals surface area contributed by atoms with E-state index >= 15 is 0 Å². The van der Waals surface area contributed by atoms with Gasteiger partial charge in [0.25, 0.3) is 5.17 Å². The molecule has 1 aliphatic heterocycles. The predicted octanol–water partition coefficient (Wildman–Crippen LogP) is 5.02. The second kappa shape index (κ2) is 12.0. The maximum absolute atomic E-state index is 13.7. The molecule has 0 bridgehead atoms. The van der Waals surface area contributed by atoms with E-state index in [1.807, 2.05) is 13.8 Å². The summed E-state index contributed by atoms with van der Waals surface area (Å²) in [6.07, 6.45) is 10.00. The van der Waals surface area contributed by atoms with Gasteiger partial charge in [-0.15, -0.1) is 0 Å². The highest BCUT2D eigenvalue weighted by Crippen LogP contribution is 2.67. The number of nitrogens with zero attached hydrogens (tertiary/aromatic N) is 3. The van der Waals surface area contributed by atoms with Crippen molar-refractivity contribution in [3.05, 3.63) is 65.3 Å². The number of imidazole rings is 1. The van der Waals surface area contributed by atoms with Crippen molar-refractivity contribution >= 4 is 29.3 Å². The molecule has 8 atom stereocenters. The zero-order valence-electron chi connectivity index (χ0n) is 28.3. The molecule has 4 heterocycles. The monoisotopic (exact) mass is 703 g/mol. The first-order valence-electron chi connectivity index (χ1n) is 17.4. The van der Waals surface area contributed by atoms with Crippen LogP contribution in [0.15, 0.2) is 58.5 Å². The number of aromatic nitrogens is 3. The van der Waals surface area contributed by atoms with Gasteiger partial charge >= 0.3 is 17.6 Å². The molecule has 8 rings (SSSR count). The van der Waals surface area contributed by atoms with Crippen LogP contribution in [-0.4, -0.2) is 61.2 Å². The van der Waals surface area contributed by atoms with Crippen LogP contribution in [0.4, 0.5) is 0 Å². The molecule has 264 valence electrons. The molecule has 2 unspecified atom stereocenters. The topological polar surface area (TPSA) is 152 Å². The smallest absolute Gasteiger partial charge is 0.345 e. The summed E-state index contributed by atoms with van der Waals surface area (Å²) < 4.78 is 33.1. The second-order valence-electron chi connectivity index (χ2n) is 15.4. The summed E-state index contributed by atoms with van der Waals surface area (Å²) in [5.74, 6) is -1.29. The van der Waals surface area contributed by atoms with Crippen molar-refractivity contribution in [1.82, 2.24) is 14.5 Å². The third-order valence-corrected chi connectivity index (χ3v) is 12.4. The van der Waals surface area contributed by atoms with Gasteiger partial charge in [0.15, 0.2) is 0 Å². The summed E-state index contributed by atoms with van der Waals surface area (Å²) in [6, 6.07) is 5.13. The van der Waals surface area contributed by atoms with Crippen LogP contribution in [-0.2, 0) is 23.8 Å². The minimum absolute atomic E-state index is 0.0253. The van der Waals surface area contributed by atoms with Gasteiger partial charge in [-0.2, -0.15) is 0 Å². The molecule has 5 aliphatic rings. The van der Waals surface area contributed by atoms with Crippen LogP contribution in [0.2, 0.25) is 0 Å². The third-order valence-electron chi connectivity index (χ3n) is 12.1. The first-order chi connectivity index (χ1) is 23.9. The van der Waals surface area contributed by atoms with Gasteiger partial charge < -0.3 is 28.5 Å². The molecule has 12 nitrogen and oxygen atoms in total. The number of esters is 2. The van der Waals surface area contributed by atoms with E-state index in [1.54, 1.807) is 53.9 Å². The Balaban J connectivity index is 1.23. The van der Waals surface area contributed by atoms with E-state index in [0.717, 1.165) is 25.7 Å². The zero-order valence-corrected chi connectivity index (χ0v) is 29.1. The zero-order chi connectivity index (χ0) is 35.0. The van der Waals surface area contributed by atoms with Crippen molar-refractivity contribution in [1.29, 1.82) is 0 Å². The molecule has 0 saturated heterocycles. The number of thiocarbonyl (C=S) groups is 1. The quantitative estimate of drug-likeness (QED) is 0.260. The van der Waals surface area contributed by atoms with Crippen molar-refractivity contribution in [3.8, 4) is 17.1 Å². The van der Waals surface area contributed by atoms with Crippen LogP contribution in [0.25, 0.3) is 11.3 Å². The lowest BCUT2D eigenvalue weighted by molar-refractivity contribution is -0.265. The number of aliphatic hydroxyl groups excluding tert-OH is 1. The Morgan fingerprint density at radius 2 is 1.80 bits per heavy atom. The van der Waals surface area contributed by atoms with Gasteiger partial charge in [0.2, 0.25) is 0 Å². The maximum atomic E-state index is 13.7. The fraction of sp³-hybridized carbons (Fsp3) is 0.568. The summed E-state index contributed by atoms with van der Waals surface area (Å²) in [7, 11) is 0. The number of hydrogen-bond acceptors (Lipinski definition) is 12. The summed E-state index contributed by atoms with van der Waals surface area (Å²) >= 11 is 5.75. The van der Waals surface area contributed by atoms with E-state index in [1.165, 1.54) is 0 Å². The number of rotatable bonds is 7. The Bertz CT molecular complexity index is 1880. The van der Waals surface area contributed by atoms with Gasteiger partial charge in [0.1, 0.15) is 47.8 Å². The number of hydrogen-bond donors (Lipinski definition) is 1. The molecule has 0 radical (unpaired) electrons. The standard InChI is InChI=1S/C37H41N3O9S/c1-35-11-10-26(47-32(43)21-8-9-21)36(2,18-45-31(42)20-6-7-20)25(35)16-27(48-34(50)40-14-13-39-19-40)37(3)30(35)29(41)28-24(49-37)15-23(46-33(28)44)22-5-4-12-38-17-22/h4-5,12-15,17,19-21,25-27,29-30,41H,6-11,16,18H2,1-3H3/t25?,26-,27-,29-,30?,35-,36-,37+/m0/s1. The van der Waals surface area contributed by atoms with Gasteiger partial charge in [-0.05, 0) is 87.6 Å². The van der Waals surface area contributed by atoms with Crippen molar-refractivity contribution < 1.29 is 38.1 Å². The van der Waals surface area contributed by atoms with Crippen LogP contribution >= 0.6 is 12.2 Å². The van der Waals surface area contributed by atoms with Crippen LogP contribution in [0.1, 0.15) is 77.4 Å². The molecule has 4 fully saturated rings. The molecule has 13 heteroatoms. The molecule has 4 aliphatic carbocycles. The molecular weight excluding hydrogens is 662 g/mol. The lowest BCUT2D eigenvalue weighted by Crippen LogP contribution is -2.71. The van der Waals surface area contributed by atoms with E-state index < -0.39 is 46.3 Å². The van der Waals surface area contributed by atoms with E-state index in [9.17, 15) is 19.5 Å². The number of pyridine rings is 1. The van der Waals surface area contributed by atoms with Crippen LogP contribution < -0.4 is 10.4 Å². The largest absolute Gasteiger partial charge is 0.482 e. The molecule has 1 N–H and O–H groups in total. The number of fused-ring (bicyclic) bond motifs is 4. The minimum atomic E-state index is -1.31. The van der Waals surface area contributed by atoms with Crippen molar-refractivity contribution in [2.45, 2.75) is 89.6 Å². The first-order valence-corrected chi connectivity index (χ1v) is 17.8. The molecule has 0 aromatic carbocycles. The van der Waals surface area contributed by atoms with Crippen molar-refractivity contribution in [2.24, 2.45) is 34.5 Å². The fourth-order valence-corrected chi connectivity index (χ4v) is 9.37. The molecule has 3 aromatic rings. The Labute approximate surface area is 294 Å². The fourth-order valence-electron chi connectivity index (χ4n) is 9.15. The van der Waals surface area contributed by atoms with Crippen LogP contribution in [0.3, 0.4) is 0 Å². The van der Waals surface area contributed by atoms with Gasteiger partial charge in [0.05, 0.1) is 17.9 Å². The van der Waals surface area contributed by atoms with E-state index in [4.69, 9.17) is 35.6 Å². The predicted molar refractivity (Wildman–Crippen MR) is 181 cm³/mol. The number of carbonyl (C=O) groups excluding carboxylic acids is 2. The summed E-state index contributed by atoms with van der Waals surface area (Å²) in [6.45, 7) is 6.02. The third kappa shape index (κ3) is 5.44. The normalized spacial score (nSPS) is 34.3. The van der Waals surface area contributed by atoms with E-state index in [0.29, 0.717) is 24.8 Å². The Hall–Kier alpha value is -4.10. The highest BCUT2D eigenvalue weighted by atomic mass is 32.1. The molecule has 0 spiro atoms. The van der Waals surface area contributed by atoms with Crippen molar-refractivity contribution in [3.63, 3.8) is 0 Å². The molecule has 0 amide bonds. The van der Waals surface area contributed by atoms with Crippen LogP contribution in [0, 0.1) is 34.5 Å². The first kappa shape index (κ1) is 33.1. The minimum Gasteiger partial charge on any atom is -0.482 e. The molecule has 50 heavy (non-hydrogen) atoms. The Kier molecular flexibility index (Phi) is 7.94. The highest BCUT2D eigenvalue weighted by molar-refractivity contribution is 7.80. The summed E-state index contributed by atoms with van der Waals surface area (Å²) in [5, 5.41) is 12.6. The van der Waals surface area contributed by atoms with Gasteiger partial charge in [0, 0.05) is 47.8 Å². The average Bonchev–Trinajstić information content (AvgIpc) is 4.04. The number of ether oxygens (including phenoxy) is 4. The molecule has 3 aromatic heterocycles. The summed E-state index contributed by atoms with van der Waals surface area (Å²) in [4.78, 5) is 48.1. The van der Waals surface area contributed by atoms with E-state index in [2.05, 4.69) is 16.9 Å². The van der Waals surface area contributed by atoms with Gasteiger partial charge in [-0.3, -0.25) is 19.1 Å².